The number of nitrogens with zero attached hydrogens (tertiary/aromatic N) is 2. The van der Waals surface area contributed by atoms with Gasteiger partial charge in [-0.25, -0.2) is 9.69 Å². The molecule has 28 heavy (non-hydrogen) atoms. The number of nitrogens with two attached hydrogens (primary N) is 1. The third-order valence-electron chi connectivity index (χ3n) is 4.56. The van der Waals surface area contributed by atoms with Gasteiger partial charge >= 0.3 is 5.97 Å². The van der Waals surface area contributed by atoms with Gasteiger partial charge in [0, 0.05) is 23.1 Å². The van der Waals surface area contributed by atoms with Gasteiger partial charge < -0.3 is 10.8 Å². The van der Waals surface area contributed by atoms with Crippen LogP contribution in [0.4, 0.5) is 17.1 Å². The molecule has 0 spiro atoms. The number of carboxylic acid groups (broad SMARTS) is 1. The minimum atomic E-state index is -1.25. The van der Waals surface area contributed by atoms with Crippen LogP contribution in [0.25, 0.3) is 10.8 Å². The van der Waals surface area contributed by atoms with Crippen LogP contribution in [0.2, 0.25) is 0 Å². The summed E-state index contributed by atoms with van der Waals surface area (Å²) in [4.78, 5) is 48.8. The fourth-order valence-electron chi connectivity index (χ4n) is 3.29. The highest BCUT2D eigenvalue weighted by Crippen LogP contribution is 2.37. The first-order valence-corrected chi connectivity index (χ1v) is 8.02. The quantitative estimate of drug-likeness (QED) is 0.309. The Morgan fingerprint density at radius 3 is 2.43 bits per heavy atom. The minimum Gasteiger partial charge on any atom is -0.478 e. The molecule has 0 bridgehead atoms. The number of aromatic carboxylic acids is 1. The Morgan fingerprint density at radius 1 is 1.04 bits per heavy atom. The Morgan fingerprint density at radius 2 is 1.75 bits per heavy atom. The molecule has 3 aromatic rings. The van der Waals surface area contributed by atoms with Crippen LogP contribution in [0.1, 0.15) is 31.1 Å². The number of non-ortho nitro benzene ring substituents is 1. The highest BCUT2D eigenvalue weighted by atomic mass is 16.6. The number of benzene rings is 3. The Balaban J connectivity index is 2.00. The van der Waals surface area contributed by atoms with Gasteiger partial charge in [0.05, 0.1) is 27.4 Å². The lowest BCUT2D eigenvalue weighted by molar-refractivity contribution is -0.384. The Labute approximate surface area is 156 Å². The van der Waals surface area contributed by atoms with Crippen LogP contribution < -0.4 is 10.6 Å². The van der Waals surface area contributed by atoms with Crippen LogP contribution in [-0.2, 0) is 0 Å². The fraction of sp³-hybridized carbons (Fsp3) is 0. The highest BCUT2D eigenvalue weighted by molar-refractivity contribution is 6.36. The number of carbonyl (C=O) groups excluding carboxylic acids is 2. The van der Waals surface area contributed by atoms with E-state index in [2.05, 4.69) is 0 Å². The van der Waals surface area contributed by atoms with Crippen molar-refractivity contribution in [2.45, 2.75) is 0 Å². The SMILES string of the molecule is Nc1ccc(C(=O)O)cc1N1C(=O)c2cccc3cc([N+](=O)[O-])cc(c23)C1=O. The maximum atomic E-state index is 13.1. The molecule has 9 nitrogen and oxygen atoms in total. The number of nitro groups is 1. The predicted molar refractivity (Wildman–Crippen MR) is 99.6 cm³/mol. The number of amides is 2. The molecule has 138 valence electrons. The molecule has 4 rings (SSSR count). The molecule has 0 radical (unpaired) electrons. The molecule has 0 aromatic heterocycles. The number of nitro benzene ring substituents is 1. The molecule has 0 saturated carbocycles. The van der Waals surface area contributed by atoms with E-state index in [0.29, 0.717) is 10.8 Å². The topological polar surface area (TPSA) is 144 Å². The van der Waals surface area contributed by atoms with Crippen LogP contribution in [0.5, 0.6) is 0 Å². The van der Waals surface area contributed by atoms with Gasteiger partial charge in [-0.1, -0.05) is 12.1 Å². The van der Waals surface area contributed by atoms with Gasteiger partial charge in [-0.3, -0.25) is 19.7 Å². The summed E-state index contributed by atoms with van der Waals surface area (Å²) in [5.74, 6) is -2.76. The highest BCUT2D eigenvalue weighted by Gasteiger charge is 2.36. The summed E-state index contributed by atoms with van der Waals surface area (Å²) in [7, 11) is 0. The lowest BCUT2D eigenvalue weighted by Gasteiger charge is -2.28. The van der Waals surface area contributed by atoms with Crippen molar-refractivity contribution < 1.29 is 24.4 Å². The average molecular weight is 377 g/mol. The number of hydrogen-bond acceptors (Lipinski definition) is 6. The lowest BCUT2D eigenvalue weighted by Crippen LogP contribution is -2.41. The van der Waals surface area contributed by atoms with Crippen molar-refractivity contribution in [3.05, 3.63) is 75.3 Å². The molecule has 1 heterocycles. The number of hydrogen-bond donors (Lipinski definition) is 2. The smallest absolute Gasteiger partial charge is 0.335 e. The molecular formula is C19H11N3O6. The second kappa shape index (κ2) is 5.88. The summed E-state index contributed by atoms with van der Waals surface area (Å²) in [5, 5.41) is 21.1. The summed E-state index contributed by atoms with van der Waals surface area (Å²) in [6.45, 7) is 0. The van der Waals surface area contributed by atoms with Crippen LogP contribution in [0, 0.1) is 10.1 Å². The molecule has 0 atom stereocenters. The standard InChI is InChI=1S/C19H11N3O6/c20-14-5-4-10(19(25)26)7-15(14)21-17(23)12-3-1-2-9-6-11(22(27)28)8-13(16(9)12)18(21)24/h1-8H,20H2,(H,25,26). The number of nitrogen functional groups attached to an aromatic ring is 1. The molecule has 0 aliphatic carbocycles. The van der Waals surface area contributed by atoms with Crippen molar-refractivity contribution in [2.75, 3.05) is 10.6 Å². The van der Waals surface area contributed by atoms with Gasteiger partial charge in [0.2, 0.25) is 0 Å². The molecule has 0 unspecified atom stereocenters. The van der Waals surface area contributed by atoms with E-state index >= 15 is 0 Å². The molecule has 1 aliphatic heterocycles. The van der Waals surface area contributed by atoms with E-state index in [1.165, 1.54) is 24.3 Å². The van der Waals surface area contributed by atoms with E-state index in [0.717, 1.165) is 17.0 Å². The molecule has 3 N–H and O–H groups in total. The third-order valence-corrected chi connectivity index (χ3v) is 4.56. The van der Waals surface area contributed by atoms with E-state index in [9.17, 15) is 29.6 Å². The number of imide groups is 1. The molecule has 0 fully saturated rings. The maximum Gasteiger partial charge on any atom is 0.335 e. The summed E-state index contributed by atoms with van der Waals surface area (Å²) < 4.78 is 0. The Hall–Kier alpha value is -4.27. The van der Waals surface area contributed by atoms with Crippen LogP contribution in [0.15, 0.2) is 48.5 Å². The zero-order valence-corrected chi connectivity index (χ0v) is 14.1. The zero-order chi connectivity index (χ0) is 20.2. The fourth-order valence-corrected chi connectivity index (χ4v) is 3.29. The van der Waals surface area contributed by atoms with Crippen LogP contribution in [-0.4, -0.2) is 27.8 Å². The summed E-state index contributed by atoms with van der Waals surface area (Å²) in [6, 6.07) is 10.7. The first-order chi connectivity index (χ1) is 13.3. The van der Waals surface area contributed by atoms with Gasteiger partial charge in [0.15, 0.2) is 0 Å². The molecule has 2 amide bonds. The Kier molecular flexibility index (Phi) is 3.60. The maximum absolute atomic E-state index is 13.1. The van der Waals surface area contributed by atoms with Gasteiger partial charge in [0.25, 0.3) is 17.5 Å². The number of carbonyl (C=O) groups is 3. The second-order valence-electron chi connectivity index (χ2n) is 6.18. The average Bonchev–Trinajstić information content (AvgIpc) is 2.66. The van der Waals surface area contributed by atoms with Crippen molar-refractivity contribution in [1.82, 2.24) is 0 Å². The third kappa shape index (κ3) is 2.37. The number of rotatable bonds is 3. The normalized spacial score (nSPS) is 13.1. The van der Waals surface area contributed by atoms with Crippen molar-refractivity contribution >= 4 is 45.6 Å². The minimum absolute atomic E-state index is 0.0211. The summed E-state index contributed by atoms with van der Waals surface area (Å²) >= 11 is 0. The summed E-state index contributed by atoms with van der Waals surface area (Å²) in [6.07, 6.45) is 0. The van der Waals surface area contributed by atoms with Gasteiger partial charge in [0.1, 0.15) is 0 Å². The van der Waals surface area contributed by atoms with E-state index in [-0.39, 0.29) is 33.8 Å². The monoisotopic (exact) mass is 377 g/mol. The molecule has 1 aliphatic rings. The van der Waals surface area contributed by atoms with E-state index in [4.69, 9.17) is 5.73 Å². The predicted octanol–water partition coefficient (Wildman–Crippen LogP) is 2.83. The van der Waals surface area contributed by atoms with E-state index < -0.39 is 22.7 Å². The molecule has 9 heteroatoms. The first kappa shape index (κ1) is 17.2. The molecule has 0 saturated heterocycles. The van der Waals surface area contributed by atoms with Gasteiger partial charge in [-0.15, -0.1) is 0 Å². The van der Waals surface area contributed by atoms with Crippen molar-refractivity contribution in [3.63, 3.8) is 0 Å². The van der Waals surface area contributed by atoms with Crippen molar-refractivity contribution in [1.29, 1.82) is 0 Å². The van der Waals surface area contributed by atoms with Crippen molar-refractivity contribution in [2.24, 2.45) is 0 Å². The first-order valence-electron chi connectivity index (χ1n) is 8.02. The van der Waals surface area contributed by atoms with Gasteiger partial charge in [-0.2, -0.15) is 0 Å². The largest absolute Gasteiger partial charge is 0.478 e. The number of anilines is 2. The molecular weight excluding hydrogens is 366 g/mol. The summed E-state index contributed by atoms with van der Waals surface area (Å²) in [5.41, 5.74) is 5.50. The van der Waals surface area contributed by atoms with E-state index in [1.807, 2.05) is 0 Å². The van der Waals surface area contributed by atoms with E-state index in [1.54, 1.807) is 12.1 Å². The number of carboxylic acids is 1. The molecule has 3 aromatic carbocycles. The second-order valence-corrected chi connectivity index (χ2v) is 6.18. The van der Waals surface area contributed by atoms with Gasteiger partial charge in [-0.05, 0) is 29.7 Å². The van der Waals surface area contributed by atoms with Crippen LogP contribution >= 0.6 is 0 Å². The lowest BCUT2D eigenvalue weighted by atomic mass is 9.93. The van der Waals surface area contributed by atoms with Crippen LogP contribution in [0.3, 0.4) is 0 Å². The Bertz CT molecular complexity index is 1230. The zero-order valence-electron chi connectivity index (χ0n) is 14.1. The van der Waals surface area contributed by atoms with Crippen molar-refractivity contribution in [3.8, 4) is 0 Å².